The third-order valence-corrected chi connectivity index (χ3v) is 2.54. The smallest absolute Gasteiger partial charge is 0.145 e. The highest BCUT2D eigenvalue weighted by atomic mass is 19.1. The molecule has 0 aliphatic heterocycles. The summed E-state index contributed by atoms with van der Waals surface area (Å²) in [5, 5.41) is 8.25. The van der Waals surface area contributed by atoms with Gasteiger partial charge in [-0.15, -0.1) is 0 Å². The molecule has 0 heterocycles. The van der Waals surface area contributed by atoms with Crippen LogP contribution in [-0.4, -0.2) is 19.4 Å². The van der Waals surface area contributed by atoms with E-state index in [0.29, 0.717) is 0 Å². The van der Waals surface area contributed by atoms with Gasteiger partial charge in [0.25, 0.3) is 0 Å². The zero-order valence-electron chi connectivity index (χ0n) is 9.49. The molecule has 0 aliphatic carbocycles. The van der Waals surface area contributed by atoms with Gasteiger partial charge in [-0.1, -0.05) is 18.2 Å². The van der Waals surface area contributed by atoms with Crippen molar-refractivity contribution >= 4 is 0 Å². The summed E-state index contributed by atoms with van der Waals surface area (Å²) in [6.07, 6.45) is -1.59. The fourth-order valence-corrected chi connectivity index (χ4v) is 1.45. The molecule has 0 radical (unpaired) electrons. The van der Waals surface area contributed by atoms with Crippen molar-refractivity contribution in [1.29, 1.82) is 5.26 Å². The molecule has 3 nitrogen and oxygen atoms in total. The minimum Gasteiger partial charge on any atom is -0.363 e. The molecule has 0 aliphatic rings. The van der Waals surface area contributed by atoms with Crippen LogP contribution in [0.5, 0.6) is 0 Å². The third-order valence-electron chi connectivity index (χ3n) is 2.54. The second kappa shape index (κ2) is 5.71. The van der Waals surface area contributed by atoms with Crippen molar-refractivity contribution in [3.05, 3.63) is 35.6 Å². The lowest BCUT2D eigenvalue weighted by Gasteiger charge is -2.29. The molecule has 0 unspecified atom stereocenters. The maximum Gasteiger partial charge on any atom is 0.145 e. The van der Waals surface area contributed by atoms with Crippen LogP contribution in [-0.2, 0) is 10.3 Å². The van der Waals surface area contributed by atoms with E-state index in [1.54, 1.807) is 12.1 Å². The number of nitrogens with two attached hydrogens (primary N) is 1. The second-order valence-electron chi connectivity index (χ2n) is 3.90. The molecule has 0 saturated heterocycles. The highest BCUT2D eigenvalue weighted by Crippen LogP contribution is 2.26. The van der Waals surface area contributed by atoms with Crippen LogP contribution in [0.1, 0.15) is 12.5 Å². The summed E-state index contributed by atoms with van der Waals surface area (Å²) in [6, 6.07) is 7.48. The summed E-state index contributed by atoms with van der Waals surface area (Å²) in [5.74, 6) is -0.555. The topological polar surface area (TPSA) is 59.0 Å². The first-order valence-electron chi connectivity index (χ1n) is 5.12. The number of benzene rings is 1. The van der Waals surface area contributed by atoms with E-state index >= 15 is 0 Å². The predicted octanol–water partition coefficient (Wildman–Crippen LogP) is 1.88. The predicted molar refractivity (Wildman–Crippen MR) is 59.3 cm³/mol. The lowest BCUT2D eigenvalue weighted by atomic mass is 9.88. The van der Waals surface area contributed by atoms with Crippen LogP contribution in [0.2, 0.25) is 0 Å². The van der Waals surface area contributed by atoms with E-state index in [0.717, 1.165) is 0 Å². The molecule has 2 N–H and O–H groups in total. The van der Waals surface area contributed by atoms with Gasteiger partial charge in [0, 0.05) is 5.56 Å². The van der Waals surface area contributed by atoms with Crippen molar-refractivity contribution in [2.45, 2.75) is 18.6 Å². The highest BCUT2D eigenvalue weighted by molar-refractivity contribution is 5.26. The van der Waals surface area contributed by atoms with E-state index in [4.69, 9.17) is 15.7 Å². The molecule has 1 aromatic carbocycles. The highest BCUT2D eigenvalue weighted by Gasteiger charge is 2.34. The molecular weight excluding hydrogens is 226 g/mol. The minimum absolute atomic E-state index is 0.0908. The Morgan fingerprint density at radius 3 is 2.76 bits per heavy atom. The molecule has 0 saturated carbocycles. The first-order chi connectivity index (χ1) is 8.00. The number of hydrogen-bond acceptors (Lipinski definition) is 3. The van der Waals surface area contributed by atoms with Crippen LogP contribution in [0.15, 0.2) is 24.3 Å². The van der Waals surface area contributed by atoms with Gasteiger partial charge in [0.15, 0.2) is 0 Å². The van der Waals surface area contributed by atoms with E-state index in [9.17, 15) is 8.78 Å². The number of alkyl halides is 1. The monoisotopic (exact) mass is 240 g/mol. The molecule has 17 heavy (non-hydrogen) atoms. The molecule has 2 atom stereocenters. The molecular formula is C12H14F2N2O. The number of nitriles is 1. The largest absolute Gasteiger partial charge is 0.363 e. The summed E-state index contributed by atoms with van der Waals surface area (Å²) in [7, 11) is 0. The van der Waals surface area contributed by atoms with Crippen molar-refractivity contribution in [2.75, 3.05) is 13.2 Å². The Bertz CT molecular complexity index is 415. The van der Waals surface area contributed by atoms with Gasteiger partial charge in [0.1, 0.15) is 18.6 Å². The van der Waals surface area contributed by atoms with Crippen molar-refractivity contribution in [2.24, 2.45) is 5.73 Å². The van der Waals surface area contributed by atoms with Gasteiger partial charge in [-0.05, 0) is 13.0 Å². The Balaban J connectivity index is 2.80. The van der Waals surface area contributed by atoms with Gasteiger partial charge in [-0.2, -0.15) is 5.26 Å². The number of nitrogens with zero attached hydrogens (tertiary/aromatic N) is 1. The first-order valence-corrected chi connectivity index (χ1v) is 5.12. The molecule has 1 aromatic rings. The summed E-state index contributed by atoms with van der Waals surface area (Å²) < 4.78 is 32.1. The van der Waals surface area contributed by atoms with Crippen LogP contribution >= 0.6 is 0 Å². The number of halogens is 2. The average molecular weight is 240 g/mol. The Labute approximate surface area is 98.8 Å². The maximum atomic E-state index is 13.8. The van der Waals surface area contributed by atoms with E-state index in [2.05, 4.69) is 0 Å². The second-order valence-corrected chi connectivity index (χ2v) is 3.90. The Hall–Kier alpha value is -1.51. The zero-order chi connectivity index (χ0) is 12.9. The minimum atomic E-state index is -1.59. The fourth-order valence-electron chi connectivity index (χ4n) is 1.45. The molecule has 5 heteroatoms. The van der Waals surface area contributed by atoms with Gasteiger partial charge in [-0.25, -0.2) is 8.78 Å². The van der Waals surface area contributed by atoms with Crippen molar-refractivity contribution in [3.8, 4) is 6.07 Å². The van der Waals surface area contributed by atoms with Gasteiger partial charge >= 0.3 is 0 Å². The summed E-state index contributed by atoms with van der Waals surface area (Å²) in [5.41, 5.74) is 4.39. The standard InChI is InChI=1S/C12H14F2N2O/c1-12(16,11(14)8-17-7-6-15)9-4-2-3-5-10(9)13/h2-5,11H,7-8,16H2,1H3/t11-,12-/m1/s1. The lowest BCUT2D eigenvalue weighted by molar-refractivity contribution is 0.0618. The number of ether oxygens (including phenoxy) is 1. The summed E-state index contributed by atoms with van der Waals surface area (Å²) in [6.45, 7) is 0.842. The van der Waals surface area contributed by atoms with Gasteiger partial charge in [0.05, 0.1) is 18.2 Å². The van der Waals surface area contributed by atoms with Crippen molar-refractivity contribution in [3.63, 3.8) is 0 Å². The Morgan fingerprint density at radius 1 is 1.53 bits per heavy atom. The molecule has 92 valence electrons. The normalized spacial score (nSPS) is 15.9. The van der Waals surface area contributed by atoms with Gasteiger partial charge in [-0.3, -0.25) is 0 Å². The Morgan fingerprint density at radius 2 is 2.18 bits per heavy atom. The van der Waals surface area contributed by atoms with E-state index < -0.39 is 17.5 Å². The van der Waals surface area contributed by atoms with Gasteiger partial charge < -0.3 is 10.5 Å². The van der Waals surface area contributed by atoms with Crippen LogP contribution in [0.25, 0.3) is 0 Å². The van der Waals surface area contributed by atoms with E-state index in [1.165, 1.54) is 25.1 Å². The van der Waals surface area contributed by atoms with Gasteiger partial charge in [0.2, 0.25) is 0 Å². The summed E-state index contributed by atoms with van der Waals surface area (Å²) >= 11 is 0. The quantitative estimate of drug-likeness (QED) is 0.799. The number of rotatable bonds is 5. The summed E-state index contributed by atoms with van der Waals surface area (Å²) in [4.78, 5) is 0. The fraction of sp³-hybridized carbons (Fsp3) is 0.417. The molecule has 0 fully saturated rings. The molecule has 0 amide bonds. The molecule has 0 aromatic heterocycles. The third kappa shape index (κ3) is 3.22. The maximum absolute atomic E-state index is 13.8. The molecule has 0 spiro atoms. The zero-order valence-corrected chi connectivity index (χ0v) is 9.49. The van der Waals surface area contributed by atoms with Crippen molar-refractivity contribution < 1.29 is 13.5 Å². The van der Waals surface area contributed by atoms with Crippen LogP contribution in [0.3, 0.4) is 0 Å². The number of hydrogen-bond donors (Lipinski definition) is 1. The van der Waals surface area contributed by atoms with Crippen LogP contribution in [0, 0.1) is 17.1 Å². The van der Waals surface area contributed by atoms with E-state index in [1.807, 2.05) is 0 Å². The molecule has 0 bridgehead atoms. The average Bonchev–Trinajstić information content (AvgIpc) is 2.29. The van der Waals surface area contributed by atoms with Crippen LogP contribution in [0.4, 0.5) is 8.78 Å². The van der Waals surface area contributed by atoms with E-state index in [-0.39, 0.29) is 18.8 Å². The SMILES string of the molecule is C[C@@](N)(c1ccccc1F)[C@H](F)COCC#N. The molecule has 1 rings (SSSR count). The first kappa shape index (κ1) is 13.6. The van der Waals surface area contributed by atoms with Crippen molar-refractivity contribution in [1.82, 2.24) is 0 Å². The van der Waals surface area contributed by atoms with Crippen LogP contribution < -0.4 is 5.73 Å². The lowest BCUT2D eigenvalue weighted by Crippen LogP contribution is -2.45. The Kier molecular flexibility index (Phi) is 4.55.